The van der Waals surface area contributed by atoms with Crippen LogP contribution in [0.25, 0.3) is 0 Å². The van der Waals surface area contributed by atoms with Gasteiger partial charge in [-0.25, -0.2) is 9.37 Å². The van der Waals surface area contributed by atoms with Crippen LogP contribution in [-0.2, 0) is 4.79 Å². The zero-order valence-corrected chi connectivity index (χ0v) is 14.3. The molecule has 1 aliphatic heterocycles. The van der Waals surface area contributed by atoms with Gasteiger partial charge in [0, 0.05) is 30.1 Å². The smallest absolute Gasteiger partial charge is 0.233 e. The Morgan fingerprint density at radius 1 is 1.33 bits per heavy atom. The lowest BCUT2D eigenvalue weighted by Gasteiger charge is -2.17. The highest BCUT2D eigenvalue weighted by molar-refractivity contribution is 8.00. The Hall–Kier alpha value is -2.08. The quantitative estimate of drug-likeness (QED) is 0.779. The van der Waals surface area contributed by atoms with E-state index in [2.05, 4.69) is 4.98 Å². The molecule has 1 fully saturated rings. The number of benzene rings is 1. The van der Waals surface area contributed by atoms with Gasteiger partial charge in [-0.1, -0.05) is 6.07 Å². The van der Waals surface area contributed by atoms with Crippen molar-refractivity contribution in [3.05, 3.63) is 54.0 Å². The molecule has 1 aromatic carbocycles. The van der Waals surface area contributed by atoms with Crippen LogP contribution < -0.4 is 4.74 Å². The van der Waals surface area contributed by atoms with E-state index in [1.807, 2.05) is 24.0 Å². The summed E-state index contributed by atoms with van der Waals surface area (Å²) in [6.07, 6.45) is 2.56. The van der Waals surface area contributed by atoms with Crippen molar-refractivity contribution < 1.29 is 13.9 Å². The predicted molar refractivity (Wildman–Crippen MR) is 91.7 cm³/mol. The zero-order chi connectivity index (χ0) is 16.9. The first-order valence-corrected chi connectivity index (χ1v) is 8.84. The van der Waals surface area contributed by atoms with Crippen molar-refractivity contribution >= 4 is 17.7 Å². The predicted octanol–water partition coefficient (Wildman–Crippen LogP) is 3.30. The molecule has 0 radical (unpaired) electrons. The third-order valence-corrected chi connectivity index (χ3v) is 4.84. The molecule has 0 N–H and O–H groups in total. The average molecular weight is 346 g/mol. The SMILES string of the molecule is Cc1ccc(OC2CCN(C(=O)CSc3ccc(F)cc3)C2)nc1. The number of carbonyl (C=O) groups excluding carboxylic acids is 1. The van der Waals surface area contributed by atoms with Crippen LogP contribution in [0, 0.1) is 12.7 Å². The number of hydrogen-bond donors (Lipinski definition) is 0. The largest absolute Gasteiger partial charge is 0.472 e. The first-order valence-electron chi connectivity index (χ1n) is 7.85. The van der Waals surface area contributed by atoms with E-state index in [9.17, 15) is 9.18 Å². The number of nitrogens with zero attached hydrogens (tertiary/aromatic N) is 2. The Bertz CT molecular complexity index is 691. The Morgan fingerprint density at radius 2 is 2.12 bits per heavy atom. The molecule has 0 spiro atoms. The van der Waals surface area contributed by atoms with Gasteiger partial charge in [0.15, 0.2) is 0 Å². The molecule has 1 saturated heterocycles. The van der Waals surface area contributed by atoms with E-state index in [1.54, 1.807) is 18.3 Å². The van der Waals surface area contributed by atoms with E-state index in [4.69, 9.17) is 4.74 Å². The van der Waals surface area contributed by atoms with Gasteiger partial charge in [0.05, 0.1) is 12.3 Å². The summed E-state index contributed by atoms with van der Waals surface area (Å²) >= 11 is 1.42. The van der Waals surface area contributed by atoms with Crippen LogP contribution >= 0.6 is 11.8 Å². The normalized spacial score (nSPS) is 17.1. The second-order valence-electron chi connectivity index (χ2n) is 5.78. The molecule has 1 amide bonds. The van der Waals surface area contributed by atoms with E-state index in [-0.39, 0.29) is 17.8 Å². The van der Waals surface area contributed by atoms with Gasteiger partial charge in [-0.2, -0.15) is 0 Å². The number of hydrogen-bond acceptors (Lipinski definition) is 4. The maximum Gasteiger partial charge on any atom is 0.233 e. The highest BCUT2D eigenvalue weighted by atomic mass is 32.2. The third kappa shape index (κ3) is 4.47. The van der Waals surface area contributed by atoms with E-state index in [0.717, 1.165) is 16.9 Å². The first-order chi connectivity index (χ1) is 11.6. The molecule has 4 nitrogen and oxygen atoms in total. The van der Waals surface area contributed by atoms with Crippen molar-refractivity contribution in [2.24, 2.45) is 0 Å². The van der Waals surface area contributed by atoms with Gasteiger partial charge in [-0.3, -0.25) is 4.79 Å². The second-order valence-corrected chi connectivity index (χ2v) is 6.83. The molecule has 6 heteroatoms. The van der Waals surface area contributed by atoms with E-state index >= 15 is 0 Å². The molecule has 1 aliphatic rings. The summed E-state index contributed by atoms with van der Waals surface area (Å²) in [6.45, 7) is 3.25. The van der Waals surface area contributed by atoms with Crippen molar-refractivity contribution in [3.63, 3.8) is 0 Å². The van der Waals surface area contributed by atoms with Gasteiger partial charge in [0.25, 0.3) is 0 Å². The fraction of sp³-hybridized carbons (Fsp3) is 0.333. The van der Waals surface area contributed by atoms with Crippen LogP contribution in [0.2, 0.25) is 0 Å². The second kappa shape index (κ2) is 7.66. The molecule has 1 aromatic heterocycles. The van der Waals surface area contributed by atoms with Crippen LogP contribution in [0.1, 0.15) is 12.0 Å². The number of aromatic nitrogens is 1. The van der Waals surface area contributed by atoms with E-state index in [0.29, 0.717) is 24.7 Å². The molecule has 0 saturated carbocycles. The van der Waals surface area contributed by atoms with E-state index < -0.39 is 0 Å². The molecular formula is C18H19FN2O2S. The molecule has 2 aromatic rings. The minimum Gasteiger partial charge on any atom is -0.472 e. The van der Waals surface area contributed by atoms with E-state index in [1.165, 1.54) is 23.9 Å². The molecule has 0 bridgehead atoms. The van der Waals surface area contributed by atoms with Crippen molar-refractivity contribution in [1.82, 2.24) is 9.88 Å². The van der Waals surface area contributed by atoms with Crippen molar-refractivity contribution in [2.45, 2.75) is 24.3 Å². The monoisotopic (exact) mass is 346 g/mol. The molecular weight excluding hydrogens is 327 g/mol. The van der Waals surface area contributed by atoms with Gasteiger partial charge >= 0.3 is 0 Å². The molecule has 1 unspecified atom stereocenters. The average Bonchev–Trinajstić information content (AvgIpc) is 3.05. The summed E-state index contributed by atoms with van der Waals surface area (Å²) in [6, 6.07) is 9.99. The van der Waals surface area contributed by atoms with Gasteiger partial charge in [0.2, 0.25) is 11.8 Å². The van der Waals surface area contributed by atoms with Gasteiger partial charge in [-0.05, 0) is 36.8 Å². The summed E-state index contributed by atoms with van der Waals surface area (Å²) in [7, 11) is 0. The molecule has 24 heavy (non-hydrogen) atoms. The standard InChI is InChI=1S/C18H19FN2O2S/c1-13-2-7-17(20-10-13)23-15-8-9-21(11-15)18(22)12-24-16-5-3-14(19)4-6-16/h2-7,10,15H,8-9,11-12H2,1H3. The van der Waals surface area contributed by atoms with Crippen molar-refractivity contribution in [3.8, 4) is 5.88 Å². The van der Waals surface area contributed by atoms with Crippen LogP contribution in [0.3, 0.4) is 0 Å². The fourth-order valence-corrected chi connectivity index (χ4v) is 3.31. The lowest BCUT2D eigenvalue weighted by Crippen LogP contribution is -2.32. The third-order valence-electron chi connectivity index (χ3n) is 3.85. The van der Waals surface area contributed by atoms with Gasteiger partial charge in [-0.15, -0.1) is 11.8 Å². The Balaban J connectivity index is 1.46. The molecule has 126 valence electrons. The van der Waals surface area contributed by atoms with Gasteiger partial charge < -0.3 is 9.64 Å². The highest BCUT2D eigenvalue weighted by Gasteiger charge is 2.27. The van der Waals surface area contributed by atoms with Crippen LogP contribution in [-0.4, -0.2) is 40.7 Å². The van der Waals surface area contributed by atoms with Crippen LogP contribution in [0.5, 0.6) is 5.88 Å². The number of carbonyl (C=O) groups is 1. The molecule has 0 aliphatic carbocycles. The first kappa shape index (κ1) is 16.8. The van der Waals surface area contributed by atoms with Crippen molar-refractivity contribution in [2.75, 3.05) is 18.8 Å². The molecule has 2 heterocycles. The highest BCUT2D eigenvalue weighted by Crippen LogP contribution is 2.21. The number of pyridine rings is 1. The zero-order valence-electron chi connectivity index (χ0n) is 13.4. The topological polar surface area (TPSA) is 42.4 Å². The molecule has 3 rings (SSSR count). The summed E-state index contributed by atoms with van der Waals surface area (Å²) in [5, 5.41) is 0. The minimum absolute atomic E-state index is 0.0139. The summed E-state index contributed by atoms with van der Waals surface area (Å²) < 4.78 is 18.7. The summed E-state index contributed by atoms with van der Waals surface area (Å²) in [4.78, 5) is 19.2. The lowest BCUT2D eigenvalue weighted by molar-refractivity contribution is -0.127. The number of ether oxygens (including phenoxy) is 1. The minimum atomic E-state index is -0.269. The number of aryl methyl sites for hydroxylation is 1. The number of halogens is 1. The summed E-state index contributed by atoms with van der Waals surface area (Å²) in [5.74, 6) is 0.754. The number of amides is 1. The Kier molecular flexibility index (Phi) is 5.35. The van der Waals surface area contributed by atoms with Crippen molar-refractivity contribution in [1.29, 1.82) is 0 Å². The van der Waals surface area contributed by atoms with Crippen LogP contribution in [0.15, 0.2) is 47.5 Å². The fourth-order valence-electron chi connectivity index (χ4n) is 2.51. The van der Waals surface area contributed by atoms with Crippen LogP contribution in [0.4, 0.5) is 4.39 Å². The number of rotatable bonds is 5. The lowest BCUT2D eigenvalue weighted by atomic mass is 10.3. The molecule has 1 atom stereocenters. The maximum atomic E-state index is 12.9. The summed E-state index contributed by atoms with van der Waals surface area (Å²) in [5.41, 5.74) is 1.09. The Morgan fingerprint density at radius 3 is 2.83 bits per heavy atom. The number of thioether (sulfide) groups is 1. The van der Waals surface area contributed by atoms with Gasteiger partial charge in [0.1, 0.15) is 11.9 Å². The maximum absolute atomic E-state index is 12.9. The number of likely N-dealkylation sites (tertiary alicyclic amines) is 1. The Labute approximate surface area is 145 Å².